The van der Waals surface area contributed by atoms with Crippen LogP contribution in [0.3, 0.4) is 0 Å². The lowest BCUT2D eigenvalue weighted by Crippen LogP contribution is -2.59. The zero-order valence-corrected chi connectivity index (χ0v) is 21.9. The van der Waals surface area contributed by atoms with Gasteiger partial charge in [-0.15, -0.1) is 11.3 Å². The van der Waals surface area contributed by atoms with E-state index in [1.165, 1.54) is 43.6 Å². The molecule has 0 amide bonds. The van der Waals surface area contributed by atoms with Crippen LogP contribution in [-0.2, 0) is 23.8 Å². The Bertz CT molecular complexity index is 1240. The standard InChI is InChI=1S/C25H26ClFN4O5S/c1-13(32)36-17-8-15-11-35-12-16(9-17)31(15)10-20-21(25(33)34-2)22(18-4-3-14(27)7-19(18)26)30-23(29-20)24-28-5-6-37-24/h3-7,15-17,22H,8-12H2,1-2H3,(H,29,30)/t15-,16?,17?,22?/m1/s1. The molecule has 5 rings (SSSR count). The van der Waals surface area contributed by atoms with E-state index in [4.69, 9.17) is 30.8 Å². The zero-order chi connectivity index (χ0) is 26.1. The van der Waals surface area contributed by atoms with Crippen LogP contribution in [-0.4, -0.2) is 72.7 Å². The Kier molecular flexibility index (Phi) is 7.57. The molecule has 1 N–H and O–H groups in total. The van der Waals surface area contributed by atoms with Crippen LogP contribution in [0.4, 0.5) is 4.39 Å². The highest BCUT2D eigenvalue weighted by Crippen LogP contribution is 2.38. The van der Waals surface area contributed by atoms with Crippen molar-refractivity contribution in [2.45, 2.75) is 44.0 Å². The molecule has 9 nitrogen and oxygen atoms in total. The lowest BCUT2D eigenvalue weighted by molar-refractivity contribution is -0.158. The SMILES string of the molecule is COC(=O)C1=C(CN2C3COC[C@H]2CC(OC(C)=O)C3)NC(c2nccs2)=NC1c1ccc(F)cc1Cl. The van der Waals surface area contributed by atoms with Crippen molar-refractivity contribution >= 4 is 40.7 Å². The summed E-state index contributed by atoms with van der Waals surface area (Å²) in [6, 6.07) is 3.17. The number of esters is 2. The largest absolute Gasteiger partial charge is 0.466 e. The van der Waals surface area contributed by atoms with Crippen LogP contribution in [0, 0.1) is 5.82 Å². The molecule has 12 heteroatoms. The van der Waals surface area contributed by atoms with Crippen LogP contribution in [0.5, 0.6) is 0 Å². The van der Waals surface area contributed by atoms with Gasteiger partial charge in [0.05, 0.1) is 25.9 Å². The molecule has 3 aliphatic rings. The molecule has 196 valence electrons. The van der Waals surface area contributed by atoms with E-state index < -0.39 is 17.8 Å². The van der Waals surface area contributed by atoms with E-state index in [-0.39, 0.29) is 34.8 Å². The molecule has 2 aromatic rings. The predicted octanol–water partition coefficient (Wildman–Crippen LogP) is 3.25. The fourth-order valence-electron chi connectivity index (χ4n) is 5.18. The first kappa shape index (κ1) is 25.8. The van der Waals surface area contributed by atoms with Crippen LogP contribution in [0.15, 0.2) is 46.0 Å². The van der Waals surface area contributed by atoms with Crippen molar-refractivity contribution in [1.82, 2.24) is 15.2 Å². The summed E-state index contributed by atoms with van der Waals surface area (Å²) in [6.07, 6.45) is 2.74. The average molecular weight is 549 g/mol. The van der Waals surface area contributed by atoms with Gasteiger partial charge in [-0.25, -0.2) is 14.2 Å². The molecule has 37 heavy (non-hydrogen) atoms. The van der Waals surface area contributed by atoms with Gasteiger partial charge in [-0.1, -0.05) is 17.7 Å². The van der Waals surface area contributed by atoms with E-state index in [2.05, 4.69) is 15.2 Å². The number of halogens is 2. The topological polar surface area (TPSA) is 102 Å². The van der Waals surface area contributed by atoms with E-state index in [9.17, 15) is 14.0 Å². The number of hydrogen-bond donors (Lipinski definition) is 1. The highest BCUT2D eigenvalue weighted by atomic mass is 35.5. The second-order valence-electron chi connectivity index (χ2n) is 9.11. The summed E-state index contributed by atoms with van der Waals surface area (Å²) < 4.78 is 30.4. The third-order valence-corrected chi connectivity index (χ3v) is 7.83. The Labute approximate surface area is 222 Å². The molecule has 0 spiro atoms. The van der Waals surface area contributed by atoms with Crippen LogP contribution in [0.25, 0.3) is 0 Å². The van der Waals surface area contributed by atoms with Crippen molar-refractivity contribution < 1.29 is 28.2 Å². The van der Waals surface area contributed by atoms with Crippen molar-refractivity contribution in [3.05, 3.63) is 62.5 Å². The third-order valence-electron chi connectivity index (χ3n) is 6.73. The summed E-state index contributed by atoms with van der Waals surface area (Å²) >= 11 is 7.84. The summed E-state index contributed by atoms with van der Waals surface area (Å²) in [5, 5.41) is 5.95. The number of hydrogen-bond acceptors (Lipinski definition) is 10. The molecule has 0 saturated carbocycles. The number of piperidine rings is 1. The number of benzene rings is 1. The maximum absolute atomic E-state index is 13.9. The number of morpholine rings is 1. The molecule has 2 bridgehead atoms. The third kappa shape index (κ3) is 5.40. The van der Waals surface area contributed by atoms with Crippen LogP contribution in [0.2, 0.25) is 5.02 Å². The van der Waals surface area contributed by atoms with E-state index >= 15 is 0 Å². The molecule has 1 aromatic heterocycles. The molecule has 3 unspecified atom stereocenters. The van der Waals surface area contributed by atoms with E-state index in [1.807, 2.05) is 5.38 Å². The minimum atomic E-state index is -0.828. The summed E-state index contributed by atoms with van der Waals surface area (Å²) in [6.45, 7) is 2.75. The zero-order valence-electron chi connectivity index (χ0n) is 20.3. The lowest BCUT2D eigenvalue weighted by atomic mass is 9.90. The first-order valence-electron chi connectivity index (χ1n) is 11.9. The summed E-state index contributed by atoms with van der Waals surface area (Å²) in [5.74, 6) is -0.866. The highest BCUT2D eigenvalue weighted by molar-refractivity contribution is 7.11. The number of nitrogens with one attached hydrogen (secondary N) is 1. The molecule has 0 aliphatic carbocycles. The predicted molar refractivity (Wildman–Crippen MR) is 135 cm³/mol. The number of carbonyl (C=O) groups excluding carboxylic acids is 2. The summed E-state index contributed by atoms with van der Waals surface area (Å²) in [5.41, 5.74) is 1.37. The molecule has 1 aromatic carbocycles. The quantitative estimate of drug-likeness (QED) is 0.549. The summed E-state index contributed by atoms with van der Waals surface area (Å²) in [7, 11) is 1.31. The fraction of sp³-hybridized carbons (Fsp3) is 0.440. The lowest BCUT2D eigenvalue weighted by Gasteiger charge is -2.48. The first-order valence-corrected chi connectivity index (χ1v) is 13.1. The average Bonchev–Trinajstić information content (AvgIpc) is 3.38. The molecule has 2 saturated heterocycles. The van der Waals surface area contributed by atoms with Crippen molar-refractivity contribution in [3.8, 4) is 0 Å². The van der Waals surface area contributed by atoms with Crippen LogP contribution < -0.4 is 5.32 Å². The fourth-order valence-corrected chi connectivity index (χ4v) is 6.04. The number of rotatable bonds is 6. The van der Waals surface area contributed by atoms with Gasteiger partial charge < -0.3 is 19.5 Å². The van der Waals surface area contributed by atoms with Gasteiger partial charge in [0.15, 0.2) is 10.8 Å². The van der Waals surface area contributed by atoms with Gasteiger partial charge in [0, 0.05) is 66.3 Å². The smallest absolute Gasteiger partial charge is 0.338 e. The molecular weight excluding hydrogens is 523 g/mol. The number of nitrogens with zero attached hydrogens (tertiary/aromatic N) is 3. The van der Waals surface area contributed by atoms with Gasteiger partial charge in [0.2, 0.25) is 0 Å². The van der Waals surface area contributed by atoms with Crippen molar-refractivity contribution in [1.29, 1.82) is 0 Å². The minimum Gasteiger partial charge on any atom is -0.466 e. The van der Waals surface area contributed by atoms with Crippen LogP contribution in [0.1, 0.15) is 36.4 Å². The van der Waals surface area contributed by atoms with E-state index in [1.54, 1.807) is 6.20 Å². The van der Waals surface area contributed by atoms with Gasteiger partial charge in [0.25, 0.3) is 0 Å². The highest BCUT2D eigenvalue weighted by Gasteiger charge is 2.42. The number of amidine groups is 1. The second-order valence-corrected chi connectivity index (χ2v) is 10.4. The van der Waals surface area contributed by atoms with Crippen molar-refractivity contribution in [2.24, 2.45) is 4.99 Å². The molecule has 2 fully saturated rings. The maximum atomic E-state index is 13.9. The van der Waals surface area contributed by atoms with Crippen LogP contribution >= 0.6 is 22.9 Å². The van der Waals surface area contributed by atoms with Gasteiger partial charge in [-0.2, -0.15) is 0 Å². The normalized spacial score (nSPS) is 25.8. The number of fused-ring (bicyclic) bond motifs is 2. The maximum Gasteiger partial charge on any atom is 0.338 e. The molecule has 4 heterocycles. The number of ether oxygens (including phenoxy) is 3. The number of methoxy groups -OCH3 is 1. The molecule has 4 atom stereocenters. The van der Waals surface area contributed by atoms with E-state index in [0.717, 1.165) is 0 Å². The molecular formula is C25H26ClFN4O5S. The minimum absolute atomic E-state index is 0.0138. The first-order chi connectivity index (χ1) is 17.8. The van der Waals surface area contributed by atoms with Crippen molar-refractivity contribution in [2.75, 3.05) is 26.9 Å². The second kappa shape index (κ2) is 10.9. The Morgan fingerprint density at radius 2 is 2.05 bits per heavy atom. The Hall–Kier alpha value is -2.86. The van der Waals surface area contributed by atoms with Crippen molar-refractivity contribution in [3.63, 3.8) is 0 Å². The number of thiazole rings is 1. The Balaban J connectivity index is 1.55. The van der Waals surface area contributed by atoms with Gasteiger partial charge in [0.1, 0.15) is 18.0 Å². The number of aromatic nitrogens is 1. The van der Waals surface area contributed by atoms with Gasteiger partial charge in [-0.05, 0) is 12.1 Å². The van der Waals surface area contributed by atoms with Gasteiger partial charge in [-0.3, -0.25) is 14.7 Å². The molecule has 3 aliphatic heterocycles. The monoisotopic (exact) mass is 548 g/mol. The number of aliphatic imine (C=N–C) groups is 1. The van der Waals surface area contributed by atoms with Gasteiger partial charge >= 0.3 is 11.9 Å². The Morgan fingerprint density at radius 1 is 1.30 bits per heavy atom. The summed E-state index contributed by atoms with van der Waals surface area (Å²) in [4.78, 5) is 36.2. The molecule has 0 radical (unpaired) electrons. The number of carbonyl (C=O) groups is 2. The Morgan fingerprint density at radius 3 is 2.68 bits per heavy atom. The van der Waals surface area contributed by atoms with E-state index in [0.29, 0.717) is 54.7 Å².